The second-order valence-electron chi connectivity index (χ2n) is 3.50. The lowest BCUT2D eigenvalue weighted by Crippen LogP contribution is -1.97. The van der Waals surface area contributed by atoms with Crippen LogP contribution in [0.3, 0.4) is 0 Å². The first-order chi connectivity index (χ1) is 8.38. The van der Waals surface area contributed by atoms with Crippen molar-refractivity contribution in [3.05, 3.63) is 24.3 Å². The third-order valence-electron chi connectivity index (χ3n) is 2.42. The Morgan fingerprint density at radius 2 is 2.18 bits per heavy atom. The predicted octanol–water partition coefficient (Wildman–Crippen LogP) is 1.92. The van der Waals surface area contributed by atoms with E-state index in [-0.39, 0.29) is 0 Å². The van der Waals surface area contributed by atoms with E-state index >= 15 is 0 Å². The molecule has 0 atom stereocenters. The van der Waals surface area contributed by atoms with Gasteiger partial charge in [0.25, 0.3) is 5.95 Å². The van der Waals surface area contributed by atoms with E-state index in [1.807, 2.05) is 31.2 Å². The van der Waals surface area contributed by atoms with Gasteiger partial charge in [-0.25, -0.2) is 5.43 Å². The smallest absolute Gasteiger partial charge is 0.265 e. The molecule has 6 heteroatoms. The maximum absolute atomic E-state index is 4.30. The Labute approximate surface area is 96.8 Å². The molecule has 2 aromatic heterocycles. The van der Waals surface area contributed by atoms with Gasteiger partial charge < -0.3 is 4.98 Å². The quantitative estimate of drug-likeness (QED) is 0.517. The van der Waals surface area contributed by atoms with Gasteiger partial charge in [0.2, 0.25) is 0 Å². The SMILES string of the molecule is C/C=N/Nc1nnc2c(n1)[nH]c1ccccc12. The van der Waals surface area contributed by atoms with E-state index in [0.717, 1.165) is 16.4 Å². The number of rotatable bonds is 2. The summed E-state index contributed by atoms with van der Waals surface area (Å²) in [5.74, 6) is 0.377. The van der Waals surface area contributed by atoms with Gasteiger partial charge in [-0.1, -0.05) is 18.2 Å². The molecule has 1 aromatic carbocycles. The molecule has 3 aromatic rings. The van der Waals surface area contributed by atoms with Crippen molar-refractivity contribution >= 4 is 34.2 Å². The molecule has 0 aliphatic carbocycles. The van der Waals surface area contributed by atoms with Gasteiger partial charge in [0, 0.05) is 17.1 Å². The molecule has 2 N–H and O–H groups in total. The van der Waals surface area contributed by atoms with Crippen LogP contribution in [0, 0.1) is 0 Å². The molecule has 17 heavy (non-hydrogen) atoms. The zero-order valence-corrected chi connectivity index (χ0v) is 9.18. The Bertz CT molecular complexity index is 699. The highest BCUT2D eigenvalue weighted by Gasteiger charge is 2.07. The third-order valence-corrected chi connectivity index (χ3v) is 2.42. The summed E-state index contributed by atoms with van der Waals surface area (Å²) in [5.41, 5.74) is 5.17. The fraction of sp³-hybridized carbons (Fsp3) is 0.0909. The topological polar surface area (TPSA) is 78.8 Å². The average Bonchev–Trinajstić information content (AvgIpc) is 2.74. The number of fused-ring (bicyclic) bond motifs is 3. The number of nitrogens with zero attached hydrogens (tertiary/aromatic N) is 4. The van der Waals surface area contributed by atoms with E-state index < -0.39 is 0 Å². The van der Waals surface area contributed by atoms with Gasteiger partial charge in [0.05, 0.1) is 0 Å². The maximum atomic E-state index is 4.30. The first-order valence-electron chi connectivity index (χ1n) is 5.23. The molecule has 0 aliphatic rings. The zero-order chi connectivity index (χ0) is 11.7. The maximum Gasteiger partial charge on any atom is 0.265 e. The van der Waals surface area contributed by atoms with Crippen molar-refractivity contribution < 1.29 is 0 Å². The standard InChI is InChI=1S/C11H10N6/c1-2-12-16-11-14-10-9(15-17-11)7-5-3-4-6-8(7)13-10/h2-6H,1H3,(H2,13,14,16,17)/b12-2+. The van der Waals surface area contributed by atoms with Crippen LogP contribution in [0.15, 0.2) is 29.4 Å². The monoisotopic (exact) mass is 226 g/mol. The summed E-state index contributed by atoms with van der Waals surface area (Å²) in [7, 11) is 0. The van der Waals surface area contributed by atoms with E-state index in [2.05, 4.69) is 30.7 Å². The Kier molecular flexibility index (Phi) is 2.18. The zero-order valence-electron chi connectivity index (χ0n) is 9.18. The van der Waals surface area contributed by atoms with Gasteiger partial charge >= 0.3 is 0 Å². The minimum absolute atomic E-state index is 0.377. The van der Waals surface area contributed by atoms with Crippen LogP contribution in [0.4, 0.5) is 5.95 Å². The van der Waals surface area contributed by atoms with Crippen molar-refractivity contribution in [3.63, 3.8) is 0 Å². The summed E-state index contributed by atoms with van der Waals surface area (Å²) in [4.78, 5) is 7.49. The Balaban J connectivity index is 2.19. The van der Waals surface area contributed by atoms with Gasteiger partial charge in [-0.05, 0) is 13.0 Å². The fourth-order valence-electron chi connectivity index (χ4n) is 1.69. The molecular formula is C11H10N6. The van der Waals surface area contributed by atoms with Crippen molar-refractivity contribution in [2.24, 2.45) is 5.10 Å². The number of aromatic amines is 1. The highest BCUT2D eigenvalue weighted by atomic mass is 15.4. The summed E-state index contributed by atoms with van der Waals surface area (Å²) in [6.45, 7) is 1.81. The van der Waals surface area contributed by atoms with Crippen LogP contribution >= 0.6 is 0 Å². The summed E-state index contributed by atoms with van der Waals surface area (Å²) >= 11 is 0. The van der Waals surface area contributed by atoms with Crippen molar-refractivity contribution in [1.29, 1.82) is 0 Å². The van der Waals surface area contributed by atoms with Crippen LogP contribution in [-0.2, 0) is 0 Å². The van der Waals surface area contributed by atoms with Crippen LogP contribution in [-0.4, -0.2) is 26.4 Å². The van der Waals surface area contributed by atoms with Crippen molar-refractivity contribution in [2.45, 2.75) is 6.92 Å². The Morgan fingerprint density at radius 1 is 1.29 bits per heavy atom. The fourth-order valence-corrected chi connectivity index (χ4v) is 1.69. The van der Waals surface area contributed by atoms with Gasteiger partial charge in [-0.2, -0.15) is 10.1 Å². The molecule has 0 bridgehead atoms. The molecule has 84 valence electrons. The summed E-state index contributed by atoms with van der Waals surface area (Å²) in [6, 6.07) is 7.90. The first kappa shape index (κ1) is 9.71. The van der Waals surface area contributed by atoms with Crippen LogP contribution in [0.5, 0.6) is 0 Å². The van der Waals surface area contributed by atoms with E-state index in [9.17, 15) is 0 Å². The van der Waals surface area contributed by atoms with Gasteiger partial charge in [0.1, 0.15) is 5.52 Å². The van der Waals surface area contributed by atoms with E-state index in [1.165, 1.54) is 0 Å². The minimum Gasteiger partial charge on any atom is -0.338 e. The average molecular weight is 226 g/mol. The molecule has 6 nitrogen and oxygen atoms in total. The molecule has 0 fully saturated rings. The lowest BCUT2D eigenvalue weighted by Gasteiger charge is -1.95. The van der Waals surface area contributed by atoms with Crippen molar-refractivity contribution in [1.82, 2.24) is 20.2 Å². The van der Waals surface area contributed by atoms with Crippen LogP contribution < -0.4 is 5.43 Å². The molecule has 0 unspecified atom stereocenters. The number of nitrogens with one attached hydrogen (secondary N) is 2. The number of H-pyrrole nitrogens is 1. The third kappa shape index (κ3) is 1.59. The number of benzene rings is 1. The molecule has 0 amide bonds. The predicted molar refractivity (Wildman–Crippen MR) is 67.0 cm³/mol. The van der Waals surface area contributed by atoms with Crippen LogP contribution in [0.25, 0.3) is 22.1 Å². The number of anilines is 1. The molecule has 0 saturated carbocycles. The van der Waals surface area contributed by atoms with E-state index in [0.29, 0.717) is 11.6 Å². The number of hydrazone groups is 1. The highest BCUT2D eigenvalue weighted by Crippen LogP contribution is 2.21. The number of para-hydroxylation sites is 1. The second-order valence-corrected chi connectivity index (χ2v) is 3.50. The first-order valence-corrected chi connectivity index (χ1v) is 5.23. The van der Waals surface area contributed by atoms with Gasteiger partial charge in [-0.15, -0.1) is 10.2 Å². The number of hydrogen-bond donors (Lipinski definition) is 2. The molecule has 3 rings (SSSR count). The summed E-state index contributed by atoms with van der Waals surface area (Å²) < 4.78 is 0. The van der Waals surface area contributed by atoms with Crippen molar-refractivity contribution in [3.8, 4) is 0 Å². The minimum atomic E-state index is 0.377. The van der Waals surface area contributed by atoms with Gasteiger partial charge in [0.15, 0.2) is 5.65 Å². The number of aromatic nitrogens is 4. The van der Waals surface area contributed by atoms with E-state index in [1.54, 1.807) is 6.21 Å². The summed E-state index contributed by atoms with van der Waals surface area (Å²) in [5, 5.41) is 13.0. The molecular weight excluding hydrogens is 216 g/mol. The molecule has 0 aliphatic heterocycles. The summed E-state index contributed by atoms with van der Waals surface area (Å²) in [6.07, 6.45) is 1.62. The van der Waals surface area contributed by atoms with E-state index in [4.69, 9.17) is 0 Å². The molecule has 0 spiro atoms. The van der Waals surface area contributed by atoms with Gasteiger partial charge in [-0.3, -0.25) is 0 Å². The molecule has 0 radical (unpaired) electrons. The number of hydrogen-bond acceptors (Lipinski definition) is 5. The van der Waals surface area contributed by atoms with Crippen LogP contribution in [0.2, 0.25) is 0 Å². The normalized spacial score (nSPS) is 11.6. The Morgan fingerprint density at radius 3 is 3.06 bits per heavy atom. The lowest BCUT2D eigenvalue weighted by atomic mass is 10.2. The van der Waals surface area contributed by atoms with Crippen molar-refractivity contribution in [2.75, 3.05) is 5.43 Å². The molecule has 2 heterocycles. The molecule has 0 saturated heterocycles. The second kappa shape index (κ2) is 3.82. The van der Waals surface area contributed by atoms with Crippen LogP contribution in [0.1, 0.15) is 6.92 Å². The lowest BCUT2D eigenvalue weighted by molar-refractivity contribution is 1.01. The Hall–Kier alpha value is -2.50. The highest BCUT2D eigenvalue weighted by molar-refractivity contribution is 6.03. The largest absolute Gasteiger partial charge is 0.338 e.